The SMILES string of the molecule is CC(C)c1ccc(C(=O)CN2CCC(C)C2CO)cc1. The van der Waals surface area contributed by atoms with Crippen molar-refractivity contribution in [1.29, 1.82) is 0 Å². The van der Waals surface area contributed by atoms with Crippen molar-refractivity contribution >= 4 is 5.78 Å². The summed E-state index contributed by atoms with van der Waals surface area (Å²) in [5, 5.41) is 9.43. The molecular weight excluding hydrogens is 250 g/mol. The summed E-state index contributed by atoms with van der Waals surface area (Å²) in [6.07, 6.45) is 1.06. The maximum absolute atomic E-state index is 12.3. The summed E-state index contributed by atoms with van der Waals surface area (Å²) < 4.78 is 0. The van der Waals surface area contributed by atoms with Gasteiger partial charge in [-0.15, -0.1) is 0 Å². The summed E-state index contributed by atoms with van der Waals surface area (Å²) in [5.74, 6) is 1.10. The van der Waals surface area contributed by atoms with Crippen LogP contribution in [0.25, 0.3) is 0 Å². The minimum Gasteiger partial charge on any atom is -0.395 e. The standard InChI is InChI=1S/C17H25NO2/c1-12(2)14-4-6-15(7-5-14)17(20)10-18-9-8-13(3)16(18)11-19/h4-7,12-13,16,19H,8-11H2,1-3H3. The fourth-order valence-electron chi connectivity index (χ4n) is 2.91. The molecule has 1 saturated heterocycles. The van der Waals surface area contributed by atoms with Crippen LogP contribution in [0.1, 0.15) is 49.0 Å². The number of aliphatic hydroxyl groups excluding tert-OH is 1. The Bertz CT molecular complexity index is 453. The van der Waals surface area contributed by atoms with Gasteiger partial charge in [0.2, 0.25) is 0 Å². The van der Waals surface area contributed by atoms with E-state index in [1.807, 2.05) is 24.3 Å². The number of benzene rings is 1. The Morgan fingerprint density at radius 3 is 2.55 bits per heavy atom. The molecule has 2 rings (SSSR count). The molecule has 2 unspecified atom stereocenters. The molecule has 1 heterocycles. The largest absolute Gasteiger partial charge is 0.395 e. The summed E-state index contributed by atoms with van der Waals surface area (Å²) in [5.41, 5.74) is 2.02. The predicted molar refractivity (Wildman–Crippen MR) is 81.1 cm³/mol. The molecule has 0 saturated carbocycles. The molecule has 0 aromatic heterocycles. The monoisotopic (exact) mass is 275 g/mol. The van der Waals surface area contributed by atoms with Gasteiger partial charge in [-0.3, -0.25) is 9.69 Å². The van der Waals surface area contributed by atoms with E-state index in [4.69, 9.17) is 0 Å². The van der Waals surface area contributed by atoms with Crippen LogP contribution in [0.5, 0.6) is 0 Å². The van der Waals surface area contributed by atoms with Gasteiger partial charge in [-0.2, -0.15) is 0 Å². The van der Waals surface area contributed by atoms with Crippen molar-refractivity contribution in [2.75, 3.05) is 19.7 Å². The van der Waals surface area contributed by atoms with Crippen molar-refractivity contribution < 1.29 is 9.90 Å². The highest BCUT2D eigenvalue weighted by Gasteiger charge is 2.31. The molecule has 1 aromatic carbocycles. The first kappa shape index (κ1) is 15.2. The summed E-state index contributed by atoms with van der Waals surface area (Å²) in [6.45, 7) is 7.89. The molecule has 1 aliphatic heterocycles. The van der Waals surface area contributed by atoms with Crippen LogP contribution in [0.3, 0.4) is 0 Å². The number of carbonyl (C=O) groups excluding carboxylic acids is 1. The van der Waals surface area contributed by atoms with E-state index in [9.17, 15) is 9.90 Å². The summed E-state index contributed by atoms with van der Waals surface area (Å²) in [4.78, 5) is 14.4. The quantitative estimate of drug-likeness (QED) is 0.840. The van der Waals surface area contributed by atoms with E-state index >= 15 is 0 Å². The molecule has 3 heteroatoms. The zero-order valence-electron chi connectivity index (χ0n) is 12.7. The van der Waals surface area contributed by atoms with Crippen molar-refractivity contribution in [2.45, 2.75) is 39.2 Å². The molecule has 0 aliphatic carbocycles. The minimum atomic E-state index is 0.133. The van der Waals surface area contributed by atoms with Crippen molar-refractivity contribution in [3.8, 4) is 0 Å². The number of hydrogen-bond acceptors (Lipinski definition) is 3. The summed E-state index contributed by atoms with van der Waals surface area (Å²) >= 11 is 0. The van der Waals surface area contributed by atoms with Crippen LogP contribution in [-0.4, -0.2) is 41.5 Å². The molecule has 20 heavy (non-hydrogen) atoms. The van der Waals surface area contributed by atoms with Crippen LogP contribution in [-0.2, 0) is 0 Å². The third-order valence-corrected chi connectivity index (χ3v) is 4.43. The Hall–Kier alpha value is -1.19. The van der Waals surface area contributed by atoms with Crippen LogP contribution >= 0.6 is 0 Å². The second-order valence-corrected chi connectivity index (χ2v) is 6.19. The molecule has 1 N–H and O–H groups in total. The van der Waals surface area contributed by atoms with E-state index in [1.165, 1.54) is 5.56 Å². The number of nitrogens with zero attached hydrogens (tertiary/aromatic N) is 1. The maximum Gasteiger partial charge on any atom is 0.176 e. The zero-order valence-corrected chi connectivity index (χ0v) is 12.7. The first-order valence-corrected chi connectivity index (χ1v) is 7.51. The fourth-order valence-corrected chi connectivity index (χ4v) is 2.91. The molecule has 0 radical (unpaired) electrons. The summed E-state index contributed by atoms with van der Waals surface area (Å²) in [7, 11) is 0. The average Bonchev–Trinajstić information content (AvgIpc) is 2.79. The van der Waals surface area contributed by atoms with E-state index < -0.39 is 0 Å². The molecule has 3 nitrogen and oxygen atoms in total. The Morgan fingerprint density at radius 1 is 1.35 bits per heavy atom. The van der Waals surface area contributed by atoms with Crippen molar-refractivity contribution in [3.63, 3.8) is 0 Å². The van der Waals surface area contributed by atoms with E-state index in [0.29, 0.717) is 18.4 Å². The van der Waals surface area contributed by atoms with Crippen LogP contribution in [0.15, 0.2) is 24.3 Å². The van der Waals surface area contributed by atoms with Gasteiger partial charge in [-0.05, 0) is 30.4 Å². The Labute approximate surface area is 121 Å². The van der Waals surface area contributed by atoms with Gasteiger partial charge in [0.25, 0.3) is 0 Å². The highest BCUT2D eigenvalue weighted by atomic mass is 16.3. The van der Waals surface area contributed by atoms with Crippen molar-refractivity contribution in [1.82, 2.24) is 4.90 Å². The van der Waals surface area contributed by atoms with Gasteiger partial charge in [0.05, 0.1) is 13.2 Å². The van der Waals surface area contributed by atoms with Gasteiger partial charge >= 0.3 is 0 Å². The van der Waals surface area contributed by atoms with E-state index in [-0.39, 0.29) is 18.4 Å². The number of likely N-dealkylation sites (tertiary alicyclic amines) is 1. The summed E-state index contributed by atoms with van der Waals surface area (Å²) in [6, 6.07) is 8.05. The number of carbonyl (C=O) groups is 1. The topological polar surface area (TPSA) is 40.5 Å². The lowest BCUT2D eigenvalue weighted by Crippen LogP contribution is -2.38. The molecule has 0 bridgehead atoms. The molecule has 2 atom stereocenters. The van der Waals surface area contributed by atoms with E-state index in [0.717, 1.165) is 18.5 Å². The van der Waals surface area contributed by atoms with Gasteiger partial charge in [-0.1, -0.05) is 45.0 Å². The highest BCUT2D eigenvalue weighted by Crippen LogP contribution is 2.23. The van der Waals surface area contributed by atoms with Crippen LogP contribution in [0.2, 0.25) is 0 Å². The number of Topliss-reactive ketones (excluding diaryl/α,β-unsaturated/α-hetero) is 1. The van der Waals surface area contributed by atoms with Gasteiger partial charge in [-0.25, -0.2) is 0 Å². The second-order valence-electron chi connectivity index (χ2n) is 6.19. The lowest BCUT2D eigenvalue weighted by Gasteiger charge is -2.24. The lowest BCUT2D eigenvalue weighted by molar-refractivity contribution is 0.0866. The third kappa shape index (κ3) is 3.28. The highest BCUT2D eigenvalue weighted by molar-refractivity contribution is 5.97. The zero-order chi connectivity index (χ0) is 14.7. The Morgan fingerprint density at radius 2 is 2.00 bits per heavy atom. The number of hydrogen-bond donors (Lipinski definition) is 1. The van der Waals surface area contributed by atoms with Gasteiger partial charge in [0.15, 0.2) is 5.78 Å². The van der Waals surface area contributed by atoms with Crippen LogP contribution in [0, 0.1) is 5.92 Å². The normalized spacial score (nSPS) is 23.4. The molecule has 1 aromatic rings. The van der Waals surface area contributed by atoms with E-state index in [1.54, 1.807) is 0 Å². The molecule has 0 amide bonds. The first-order chi connectivity index (χ1) is 9.52. The number of rotatable bonds is 5. The van der Waals surface area contributed by atoms with E-state index in [2.05, 4.69) is 25.7 Å². The molecule has 0 spiro atoms. The lowest BCUT2D eigenvalue weighted by atomic mass is 10.00. The van der Waals surface area contributed by atoms with Crippen molar-refractivity contribution in [3.05, 3.63) is 35.4 Å². The van der Waals surface area contributed by atoms with Gasteiger partial charge in [0.1, 0.15) is 0 Å². The third-order valence-electron chi connectivity index (χ3n) is 4.43. The van der Waals surface area contributed by atoms with Crippen molar-refractivity contribution in [2.24, 2.45) is 5.92 Å². The number of ketones is 1. The van der Waals surface area contributed by atoms with Gasteiger partial charge < -0.3 is 5.11 Å². The second kappa shape index (κ2) is 6.51. The number of aliphatic hydroxyl groups is 1. The molecule has 110 valence electrons. The average molecular weight is 275 g/mol. The molecule has 1 fully saturated rings. The molecule has 1 aliphatic rings. The smallest absolute Gasteiger partial charge is 0.176 e. The fraction of sp³-hybridized carbons (Fsp3) is 0.588. The van der Waals surface area contributed by atoms with Crippen LogP contribution < -0.4 is 0 Å². The Kier molecular flexibility index (Phi) is 4.95. The maximum atomic E-state index is 12.3. The Balaban J connectivity index is 2.01. The first-order valence-electron chi connectivity index (χ1n) is 7.51. The van der Waals surface area contributed by atoms with Crippen LogP contribution in [0.4, 0.5) is 0 Å². The predicted octanol–water partition coefficient (Wildman–Crippen LogP) is 2.70. The molecular formula is C17H25NO2. The minimum absolute atomic E-state index is 0.133. The van der Waals surface area contributed by atoms with Gasteiger partial charge in [0, 0.05) is 11.6 Å².